The highest BCUT2D eigenvalue weighted by Gasteiger charge is 2.05. The summed E-state index contributed by atoms with van der Waals surface area (Å²) in [5.41, 5.74) is 0.661. The van der Waals surface area contributed by atoms with E-state index in [-0.39, 0.29) is 0 Å². The molecule has 0 radical (unpaired) electrons. The lowest BCUT2D eigenvalue weighted by Crippen LogP contribution is -1.99. The fraction of sp³-hybridized carbons (Fsp3) is 0.500. The predicted molar refractivity (Wildman–Crippen MR) is 41.9 cm³/mol. The molecule has 0 saturated heterocycles. The first kappa shape index (κ1) is 8.14. The molecule has 0 aliphatic heterocycles. The summed E-state index contributed by atoms with van der Waals surface area (Å²) in [6.45, 7) is 2.03. The van der Waals surface area contributed by atoms with Gasteiger partial charge in [-0.05, 0) is 6.42 Å². The van der Waals surface area contributed by atoms with Gasteiger partial charge in [0.15, 0.2) is 0 Å². The molecule has 1 heterocycles. The van der Waals surface area contributed by atoms with Gasteiger partial charge in [-0.2, -0.15) is 0 Å². The van der Waals surface area contributed by atoms with E-state index in [1.807, 2.05) is 6.92 Å². The Kier molecular flexibility index (Phi) is 2.98. The molecule has 1 aromatic rings. The number of rotatable bonds is 3. The highest BCUT2D eigenvalue weighted by molar-refractivity contribution is 4.98. The summed E-state index contributed by atoms with van der Waals surface area (Å²) in [4.78, 5) is 7.85. The first-order chi connectivity index (χ1) is 5.34. The summed E-state index contributed by atoms with van der Waals surface area (Å²) >= 11 is 0. The molecule has 3 nitrogen and oxygen atoms in total. The molecule has 0 spiro atoms. The molecule has 0 fully saturated rings. The molecule has 1 aromatic heterocycles. The minimum absolute atomic E-state index is 0.450. The zero-order valence-corrected chi connectivity index (χ0v) is 6.57. The number of hydrogen-bond donors (Lipinski definition) is 1. The Balaban J connectivity index is 2.61. The second-order valence-corrected chi connectivity index (χ2v) is 2.43. The van der Waals surface area contributed by atoms with Gasteiger partial charge in [0.25, 0.3) is 0 Å². The Labute approximate surface area is 66.1 Å². The van der Waals surface area contributed by atoms with Crippen LogP contribution in [0.15, 0.2) is 18.6 Å². The van der Waals surface area contributed by atoms with Crippen LogP contribution in [0.3, 0.4) is 0 Å². The van der Waals surface area contributed by atoms with Crippen LogP contribution in [0.4, 0.5) is 0 Å². The second kappa shape index (κ2) is 4.03. The topological polar surface area (TPSA) is 46.0 Å². The van der Waals surface area contributed by atoms with Gasteiger partial charge in [0.2, 0.25) is 0 Å². The van der Waals surface area contributed by atoms with Crippen molar-refractivity contribution in [2.45, 2.75) is 25.9 Å². The van der Waals surface area contributed by atoms with Crippen LogP contribution in [0.1, 0.15) is 31.6 Å². The van der Waals surface area contributed by atoms with E-state index >= 15 is 0 Å². The van der Waals surface area contributed by atoms with E-state index in [0.717, 1.165) is 12.8 Å². The van der Waals surface area contributed by atoms with Crippen LogP contribution in [0.5, 0.6) is 0 Å². The molecule has 60 valence electrons. The summed E-state index contributed by atoms with van der Waals surface area (Å²) in [5, 5.41) is 9.42. The molecule has 0 aromatic carbocycles. The van der Waals surface area contributed by atoms with E-state index in [1.165, 1.54) is 0 Å². The minimum atomic E-state index is -0.450. The van der Waals surface area contributed by atoms with E-state index in [9.17, 15) is 5.11 Å². The van der Waals surface area contributed by atoms with Crippen LogP contribution in [0, 0.1) is 0 Å². The van der Waals surface area contributed by atoms with Gasteiger partial charge in [-0.25, -0.2) is 0 Å². The van der Waals surface area contributed by atoms with Crippen molar-refractivity contribution in [2.24, 2.45) is 0 Å². The Hall–Kier alpha value is -0.960. The number of nitrogens with zero attached hydrogens (tertiary/aromatic N) is 2. The third-order valence-electron chi connectivity index (χ3n) is 1.49. The molecule has 11 heavy (non-hydrogen) atoms. The van der Waals surface area contributed by atoms with Gasteiger partial charge in [-0.3, -0.25) is 9.97 Å². The van der Waals surface area contributed by atoms with Crippen molar-refractivity contribution in [2.75, 3.05) is 0 Å². The third kappa shape index (κ3) is 2.27. The van der Waals surface area contributed by atoms with Crippen molar-refractivity contribution in [1.29, 1.82) is 0 Å². The van der Waals surface area contributed by atoms with Gasteiger partial charge in [-0.1, -0.05) is 13.3 Å². The lowest BCUT2D eigenvalue weighted by molar-refractivity contribution is 0.161. The van der Waals surface area contributed by atoms with Crippen molar-refractivity contribution in [3.63, 3.8) is 0 Å². The molecule has 0 aliphatic carbocycles. The van der Waals surface area contributed by atoms with E-state index in [0.29, 0.717) is 5.69 Å². The van der Waals surface area contributed by atoms with Crippen LogP contribution < -0.4 is 0 Å². The molecule has 1 atom stereocenters. The smallest absolute Gasteiger partial charge is 0.0975 e. The van der Waals surface area contributed by atoms with Crippen LogP contribution >= 0.6 is 0 Å². The highest BCUT2D eigenvalue weighted by Crippen LogP contribution is 2.13. The maximum atomic E-state index is 9.42. The SMILES string of the molecule is CCCC(O)c1cnccn1. The Bertz CT molecular complexity index is 201. The molecule has 0 saturated carbocycles. The molecule has 1 rings (SSSR count). The summed E-state index contributed by atoms with van der Waals surface area (Å²) in [6, 6.07) is 0. The van der Waals surface area contributed by atoms with Crippen LogP contribution in [0.2, 0.25) is 0 Å². The zero-order valence-electron chi connectivity index (χ0n) is 6.57. The van der Waals surface area contributed by atoms with E-state index in [2.05, 4.69) is 9.97 Å². The largest absolute Gasteiger partial charge is 0.387 e. The maximum absolute atomic E-state index is 9.42. The zero-order chi connectivity index (χ0) is 8.10. The first-order valence-corrected chi connectivity index (χ1v) is 3.78. The molecular weight excluding hydrogens is 140 g/mol. The summed E-state index contributed by atoms with van der Waals surface area (Å²) in [5.74, 6) is 0. The van der Waals surface area contributed by atoms with Crippen LogP contribution in [-0.4, -0.2) is 15.1 Å². The highest BCUT2D eigenvalue weighted by atomic mass is 16.3. The minimum Gasteiger partial charge on any atom is -0.387 e. The van der Waals surface area contributed by atoms with Gasteiger partial charge < -0.3 is 5.11 Å². The molecule has 3 heteroatoms. The first-order valence-electron chi connectivity index (χ1n) is 3.78. The van der Waals surface area contributed by atoms with E-state index in [1.54, 1.807) is 18.6 Å². The summed E-state index contributed by atoms with van der Waals surface area (Å²) in [6.07, 6.45) is 6.04. The number of aliphatic hydroxyl groups excluding tert-OH is 1. The summed E-state index contributed by atoms with van der Waals surface area (Å²) < 4.78 is 0. The normalized spacial score (nSPS) is 12.9. The standard InChI is InChI=1S/C8H12N2O/c1-2-3-8(11)7-6-9-4-5-10-7/h4-6,8,11H,2-3H2,1H3. The molecule has 0 aliphatic rings. The maximum Gasteiger partial charge on any atom is 0.0975 e. The molecule has 1 N–H and O–H groups in total. The van der Waals surface area contributed by atoms with Gasteiger partial charge in [-0.15, -0.1) is 0 Å². The van der Waals surface area contributed by atoms with Crippen molar-refractivity contribution < 1.29 is 5.11 Å². The van der Waals surface area contributed by atoms with Crippen molar-refractivity contribution >= 4 is 0 Å². The number of hydrogen-bond acceptors (Lipinski definition) is 3. The van der Waals surface area contributed by atoms with Gasteiger partial charge in [0.05, 0.1) is 18.0 Å². The average molecular weight is 152 g/mol. The van der Waals surface area contributed by atoms with E-state index < -0.39 is 6.10 Å². The quantitative estimate of drug-likeness (QED) is 0.710. The Morgan fingerprint density at radius 3 is 2.91 bits per heavy atom. The summed E-state index contributed by atoms with van der Waals surface area (Å²) in [7, 11) is 0. The molecule has 1 unspecified atom stereocenters. The van der Waals surface area contributed by atoms with Crippen LogP contribution in [-0.2, 0) is 0 Å². The van der Waals surface area contributed by atoms with Crippen molar-refractivity contribution in [1.82, 2.24) is 9.97 Å². The molecule has 0 amide bonds. The number of aromatic nitrogens is 2. The fourth-order valence-corrected chi connectivity index (χ4v) is 0.904. The number of aliphatic hydroxyl groups is 1. The second-order valence-electron chi connectivity index (χ2n) is 2.43. The Morgan fingerprint density at radius 1 is 1.55 bits per heavy atom. The molecule has 0 bridgehead atoms. The lowest BCUT2D eigenvalue weighted by atomic mass is 10.1. The monoisotopic (exact) mass is 152 g/mol. The Morgan fingerprint density at radius 2 is 2.36 bits per heavy atom. The molecular formula is C8H12N2O. The lowest BCUT2D eigenvalue weighted by Gasteiger charge is -2.06. The third-order valence-corrected chi connectivity index (χ3v) is 1.49. The van der Waals surface area contributed by atoms with Crippen molar-refractivity contribution in [3.8, 4) is 0 Å². The van der Waals surface area contributed by atoms with Crippen molar-refractivity contribution in [3.05, 3.63) is 24.3 Å². The average Bonchev–Trinajstić information content (AvgIpc) is 2.07. The van der Waals surface area contributed by atoms with Gasteiger partial charge >= 0.3 is 0 Å². The van der Waals surface area contributed by atoms with E-state index in [4.69, 9.17) is 0 Å². The predicted octanol–water partition coefficient (Wildman–Crippen LogP) is 1.31. The van der Waals surface area contributed by atoms with Crippen LogP contribution in [0.25, 0.3) is 0 Å². The van der Waals surface area contributed by atoms with Gasteiger partial charge in [0.1, 0.15) is 0 Å². The fourth-order valence-electron chi connectivity index (χ4n) is 0.904. The van der Waals surface area contributed by atoms with Gasteiger partial charge in [0, 0.05) is 12.4 Å².